The first kappa shape index (κ1) is 18.0. The van der Waals surface area contributed by atoms with Gasteiger partial charge in [0.05, 0.1) is 5.75 Å². The summed E-state index contributed by atoms with van der Waals surface area (Å²) in [7, 11) is 1.80. The Balaban J connectivity index is 1.67. The van der Waals surface area contributed by atoms with E-state index in [1.54, 1.807) is 17.0 Å². The van der Waals surface area contributed by atoms with Crippen molar-refractivity contribution < 1.29 is 9.59 Å². The number of nitrogens with one attached hydrogen (secondary N) is 1. The Kier molecular flexibility index (Phi) is 5.58. The van der Waals surface area contributed by atoms with Gasteiger partial charge < -0.3 is 5.32 Å². The zero-order valence-electron chi connectivity index (χ0n) is 14.6. The number of amidine groups is 1. The van der Waals surface area contributed by atoms with Crippen LogP contribution < -0.4 is 5.32 Å². The molecule has 0 saturated carbocycles. The standard InChI is InChI=1S/C19H20N4O2S/c1-14(24)23-18(15-9-5-3-6-10-15)21-22(2)19(23)26-13-17(25)20-16-11-7-4-8-12-16/h3-12,19H,13H2,1-2H3,(H,20,25). The summed E-state index contributed by atoms with van der Waals surface area (Å²) in [6.45, 7) is 1.51. The second-order valence-electron chi connectivity index (χ2n) is 5.80. The minimum absolute atomic E-state index is 0.113. The molecule has 1 heterocycles. The molecule has 6 nitrogen and oxygen atoms in total. The molecule has 0 spiro atoms. The van der Waals surface area contributed by atoms with Crippen molar-refractivity contribution in [1.29, 1.82) is 0 Å². The number of carbonyl (C=O) groups is 2. The van der Waals surface area contributed by atoms with Crippen molar-refractivity contribution in [2.24, 2.45) is 5.10 Å². The Hall–Kier alpha value is -2.80. The first-order chi connectivity index (χ1) is 12.6. The SMILES string of the molecule is CC(=O)N1C(c2ccccc2)=NN(C)C1SCC(=O)Nc1ccccc1. The van der Waals surface area contributed by atoms with Crippen LogP contribution in [0, 0.1) is 0 Å². The number of hydrazone groups is 1. The first-order valence-electron chi connectivity index (χ1n) is 8.19. The maximum Gasteiger partial charge on any atom is 0.234 e. The normalized spacial score (nSPS) is 16.4. The molecule has 0 aliphatic carbocycles. The van der Waals surface area contributed by atoms with Crippen molar-refractivity contribution in [1.82, 2.24) is 9.91 Å². The topological polar surface area (TPSA) is 65.0 Å². The van der Waals surface area contributed by atoms with Crippen molar-refractivity contribution >= 4 is 35.1 Å². The summed E-state index contributed by atoms with van der Waals surface area (Å²) in [6, 6.07) is 18.9. The summed E-state index contributed by atoms with van der Waals surface area (Å²) in [4.78, 5) is 26.1. The molecule has 1 N–H and O–H groups in total. The van der Waals surface area contributed by atoms with Gasteiger partial charge in [0.25, 0.3) is 0 Å². The maximum absolute atomic E-state index is 12.2. The number of benzene rings is 2. The molecule has 1 aliphatic rings. The van der Waals surface area contributed by atoms with E-state index in [2.05, 4.69) is 10.4 Å². The maximum atomic E-state index is 12.2. The highest BCUT2D eigenvalue weighted by atomic mass is 32.2. The molecule has 1 unspecified atom stereocenters. The van der Waals surface area contributed by atoms with E-state index in [1.165, 1.54) is 18.7 Å². The summed E-state index contributed by atoms with van der Waals surface area (Å²) >= 11 is 1.36. The molecular weight excluding hydrogens is 348 g/mol. The van der Waals surface area contributed by atoms with Gasteiger partial charge in [0, 0.05) is 25.2 Å². The highest BCUT2D eigenvalue weighted by Gasteiger charge is 2.36. The predicted octanol–water partition coefficient (Wildman–Crippen LogP) is 2.80. The molecule has 2 amide bonds. The van der Waals surface area contributed by atoms with Gasteiger partial charge >= 0.3 is 0 Å². The molecular formula is C19H20N4O2S. The number of amides is 2. The lowest BCUT2D eigenvalue weighted by atomic mass is 10.2. The molecule has 7 heteroatoms. The van der Waals surface area contributed by atoms with Crippen LogP contribution in [0.4, 0.5) is 5.69 Å². The number of anilines is 1. The number of carbonyl (C=O) groups excluding carboxylic acids is 2. The zero-order valence-corrected chi connectivity index (χ0v) is 15.4. The van der Waals surface area contributed by atoms with Crippen molar-refractivity contribution in [3.05, 3.63) is 66.2 Å². The molecule has 2 aromatic carbocycles. The summed E-state index contributed by atoms with van der Waals surface area (Å²) in [5, 5.41) is 9.07. The quantitative estimate of drug-likeness (QED) is 0.881. The highest BCUT2D eigenvalue weighted by molar-refractivity contribution is 8.00. The van der Waals surface area contributed by atoms with Crippen LogP contribution in [-0.4, -0.2) is 45.9 Å². The summed E-state index contributed by atoms with van der Waals surface area (Å²) in [6.07, 6.45) is 0. The van der Waals surface area contributed by atoms with Crippen LogP contribution in [0.15, 0.2) is 65.8 Å². The van der Waals surface area contributed by atoms with Crippen LogP contribution in [0.3, 0.4) is 0 Å². The van der Waals surface area contributed by atoms with Gasteiger partial charge in [0.15, 0.2) is 11.3 Å². The Morgan fingerprint density at radius 1 is 1.08 bits per heavy atom. The zero-order chi connectivity index (χ0) is 18.5. The number of hydrogen-bond acceptors (Lipinski definition) is 5. The van der Waals surface area contributed by atoms with Crippen LogP contribution in [0.25, 0.3) is 0 Å². The van der Waals surface area contributed by atoms with Gasteiger partial charge in [-0.25, -0.2) is 0 Å². The van der Waals surface area contributed by atoms with E-state index in [0.717, 1.165) is 11.3 Å². The number of hydrogen-bond donors (Lipinski definition) is 1. The molecule has 1 aliphatic heterocycles. The molecule has 1 atom stereocenters. The minimum Gasteiger partial charge on any atom is -0.325 e. The Morgan fingerprint density at radius 3 is 2.31 bits per heavy atom. The monoisotopic (exact) mass is 368 g/mol. The van der Waals surface area contributed by atoms with Gasteiger partial charge in [0.2, 0.25) is 11.8 Å². The summed E-state index contributed by atoms with van der Waals surface area (Å²) in [5.41, 5.74) is 1.26. The van der Waals surface area contributed by atoms with Gasteiger partial charge in [-0.05, 0) is 12.1 Å². The van der Waals surface area contributed by atoms with Crippen molar-refractivity contribution in [2.75, 3.05) is 18.1 Å². The second-order valence-corrected chi connectivity index (χ2v) is 6.85. The molecule has 0 bridgehead atoms. The molecule has 0 radical (unpaired) electrons. The van der Waals surface area contributed by atoms with Gasteiger partial charge in [-0.3, -0.25) is 19.5 Å². The molecule has 26 heavy (non-hydrogen) atoms. The lowest BCUT2D eigenvalue weighted by Crippen LogP contribution is -2.42. The fourth-order valence-electron chi connectivity index (χ4n) is 2.66. The molecule has 0 aromatic heterocycles. The fraction of sp³-hybridized carbons (Fsp3) is 0.211. The van der Waals surface area contributed by atoms with E-state index in [1.807, 2.05) is 60.7 Å². The third-order valence-electron chi connectivity index (χ3n) is 3.81. The van der Waals surface area contributed by atoms with E-state index >= 15 is 0 Å². The molecule has 3 rings (SSSR count). The van der Waals surface area contributed by atoms with Crippen molar-refractivity contribution in [3.63, 3.8) is 0 Å². The van der Waals surface area contributed by atoms with Gasteiger partial charge in [-0.1, -0.05) is 48.5 Å². The lowest BCUT2D eigenvalue weighted by molar-refractivity contribution is -0.126. The summed E-state index contributed by atoms with van der Waals surface area (Å²) in [5.74, 6) is 0.580. The van der Waals surface area contributed by atoms with Crippen molar-refractivity contribution in [2.45, 2.75) is 12.4 Å². The van der Waals surface area contributed by atoms with Gasteiger partial charge in [-0.15, -0.1) is 11.8 Å². The van der Waals surface area contributed by atoms with Crippen LogP contribution in [0.2, 0.25) is 0 Å². The molecule has 0 fully saturated rings. The van der Waals surface area contributed by atoms with Gasteiger partial charge in [-0.2, -0.15) is 5.10 Å². The largest absolute Gasteiger partial charge is 0.325 e. The van der Waals surface area contributed by atoms with Crippen LogP contribution in [0.1, 0.15) is 12.5 Å². The molecule has 2 aromatic rings. The first-order valence-corrected chi connectivity index (χ1v) is 9.24. The lowest BCUT2D eigenvalue weighted by Gasteiger charge is -2.27. The van der Waals surface area contributed by atoms with Crippen molar-refractivity contribution in [3.8, 4) is 0 Å². The minimum atomic E-state index is -0.357. The Bertz CT molecular complexity index is 811. The summed E-state index contributed by atoms with van der Waals surface area (Å²) < 4.78 is 0. The third-order valence-corrected chi connectivity index (χ3v) is 5.06. The number of nitrogens with zero attached hydrogens (tertiary/aromatic N) is 3. The van der Waals surface area contributed by atoms with Crippen LogP contribution >= 0.6 is 11.8 Å². The Labute approximate surface area is 156 Å². The van der Waals surface area contributed by atoms with E-state index in [9.17, 15) is 9.59 Å². The number of para-hydroxylation sites is 1. The third kappa shape index (κ3) is 4.05. The average Bonchev–Trinajstić information content (AvgIpc) is 2.98. The van der Waals surface area contributed by atoms with Crippen LogP contribution in [0.5, 0.6) is 0 Å². The van der Waals surface area contributed by atoms with E-state index in [4.69, 9.17) is 0 Å². The average molecular weight is 368 g/mol. The van der Waals surface area contributed by atoms with E-state index in [0.29, 0.717) is 5.84 Å². The Morgan fingerprint density at radius 2 is 1.69 bits per heavy atom. The smallest absolute Gasteiger partial charge is 0.234 e. The highest BCUT2D eigenvalue weighted by Crippen LogP contribution is 2.28. The van der Waals surface area contributed by atoms with E-state index < -0.39 is 0 Å². The molecule has 134 valence electrons. The van der Waals surface area contributed by atoms with Crippen LogP contribution in [-0.2, 0) is 9.59 Å². The van der Waals surface area contributed by atoms with E-state index in [-0.39, 0.29) is 23.1 Å². The fourth-order valence-corrected chi connectivity index (χ4v) is 3.69. The number of thioether (sulfide) groups is 1. The predicted molar refractivity (Wildman–Crippen MR) is 105 cm³/mol. The number of rotatable bonds is 5. The van der Waals surface area contributed by atoms with Gasteiger partial charge in [0.1, 0.15) is 0 Å². The second kappa shape index (κ2) is 8.05. The molecule has 0 saturated heterocycles.